The summed E-state index contributed by atoms with van der Waals surface area (Å²) in [5.74, 6) is -0.0887. The molecule has 0 unspecified atom stereocenters. The number of rotatable bonds is 5. The summed E-state index contributed by atoms with van der Waals surface area (Å²) in [5, 5.41) is 8.14. The van der Waals surface area contributed by atoms with E-state index in [2.05, 4.69) is 15.4 Å². The highest BCUT2D eigenvalue weighted by Gasteiger charge is 2.22. The van der Waals surface area contributed by atoms with E-state index in [1.54, 1.807) is 37.3 Å². The number of hydrogen-bond acceptors (Lipinski definition) is 4. The van der Waals surface area contributed by atoms with Crippen LogP contribution < -0.4 is 10.9 Å². The molecule has 0 amide bonds. The zero-order chi connectivity index (χ0) is 19.0. The van der Waals surface area contributed by atoms with Crippen molar-refractivity contribution in [3.05, 3.63) is 74.9 Å². The van der Waals surface area contributed by atoms with Crippen LogP contribution in [0.1, 0.15) is 24.0 Å². The van der Waals surface area contributed by atoms with Crippen molar-refractivity contribution in [1.29, 1.82) is 0 Å². The minimum atomic E-state index is -0.607. The van der Waals surface area contributed by atoms with Crippen LogP contribution in [0.4, 0.5) is 10.2 Å². The standard InChI is InChI=1S/C20H18ClFN4O/c1-12-10-17(16-8-9-18(24-19(16)22)23-15-6-7-15)25-26(20(12)27)11-13-2-4-14(21)5-3-13/h2-5,8-10,15H,6-7,11H2,1H3,(H,23,24). The molecule has 0 radical (unpaired) electrons. The van der Waals surface area contributed by atoms with Gasteiger partial charge < -0.3 is 5.32 Å². The molecule has 2 aromatic heterocycles. The summed E-state index contributed by atoms with van der Waals surface area (Å²) in [4.78, 5) is 16.4. The Kier molecular flexibility index (Phi) is 4.66. The Morgan fingerprint density at radius 3 is 2.63 bits per heavy atom. The number of nitrogens with zero attached hydrogens (tertiary/aromatic N) is 3. The number of halogens is 2. The normalized spacial score (nSPS) is 13.6. The van der Waals surface area contributed by atoms with E-state index < -0.39 is 5.95 Å². The minimum Gasteiger partial charge on any atom is -0.367 e. The number of benzene rings is 1. The lowest BCUT2D eigenvalue weighted by Crippen LogP contribution is -2.26. The molecule has 0 spiro atoms. The number of pyridine rings is 1. The van der Waals surface area contributed by atoms with Gasteiger partial charge in [0.25, 0.3) is 5.56 Å². The smallest absolute Gasteiger partial charge is 0.270 e. The molecule has 1 aliphatic rings. The number of anilines is 1. The fraction of sp³-hybridized carbons (Fsp3) is 0.250. The van der Waals surface area contributed by atoms with Crippen molar-refractivity contribution in [2.45, 2.75) is 32.4 Å². The van der Waals surface area contributed by atoms with E-state index in [0.29, 0.717) is 28.1 Å². The molecule has 1 aliphatic carbocycles. The third-order valence-corrected chi connectivity index (χ3v) is 4.71. The van der Waals surface area contributed by atoms with Crippen LogP contribution in [-0.4, -0.2) is 20.8 Å². The molecule has 3 aromatic rings. The summed E-state index contributed by atoms with van der Waals surface area (Å²) in [6.45, 7) is 1.97. The van der Waals surface area contributed by atoms with Gasteiger partial charge in [-0.2, -0.15) is 9.49 Å². The Balaban J connectivity index is 1.67. The highest BCUT2D eigenvalue weighted by Crippen LogP contribution is 2.26. The predicted octanol–water partition coefficient (Wildman–Crippen LogP) is 4.03. The second-order valence-electron chi connectivity index (χ2n) is 6.76. The Morgan fingerprint density at radius 1 is 1.22 bits per heavy atom. The summed E-state index contributed by atoms with van der Waals surface area (Å²) in [6, 6.07) is 12.5. The van der Waals surface area contributed by atoms with Gasteiger partial charge in [-0.1, -0.05) is 23.7 Å². The lowest BCUT2D eigenvalue weighted by atomic mass is 10.1. The summed E-state index contributed by atoms with van der Waals surface area (Å²) < 4.78 is 15.9. The van der Waals surface area contributed by atoms with Gasteiger partial charge in [-0.15, -0.1) is 0 Å². The van der Waals surface area contributed by atoms with Crippen LogP contribution >= 0.6 is 11.6 Å². The molecule has 27 heavy (non-hydrogen) atoms. The third-order valence-electron chi connectivity index (χ3n) is 4.45. The first-order valence-electron chi connectivity index (χ1n) is 8.76. The first-order valence-corrected chi connectivity index (χ1v) is 9.14. The largest absolute Gasteiger partial charge is 0.367 e. The van der Waals surface area contributed by atoms with E-state index in [-0.39, 0.29) is 17.7 Å². The quantitative estimate of drug-likeness (QED) is 0.675. The van der Waals surface area contributed by atoms with Gasteiger partial charge in [0.1, 0.15) is 5.82 Å². The van der Waals surface area contributed by atoms with Crippen LogP contribution in [0.15, 0.2) is 47.3 Å². The average Bonchev–Trinajstić information content (AvgIpc) is 3.45. The van der Waals surface area contributed by atoms with Crippen molar-refractivity contribution < 1.29 is 4.39 Å². The minimum absolute atomic E-state index is 0.214. The Labute approximate surface area is 160 Å². The van der Waals surface area contributed by atoms with Gasteiger partial charge >= 0.3 is 0 Å². The summed E-state index contributed by atoms with van der Waals surface area (Å²) in [5.41, 5.74) is 1.81. The van der Waals surface area contributed by atoms with Gasteiger partial charge in [0.2, 0.25) is 5.95 Å². The van der Waals surface area contributed by atoms with Crippen LogP contribution in [-0.2, 0) is 6.54 Å². The van der Waals surface area contributed by atoms with Crippen molar-refractivity contribution in [2.24, 2.45) is 0 Å². The monoisotopic (exact) mass is 384 g/mol. The van der Waals surface area contributed by atoms with Crippen molar-refractivity contribution in [3.8, 4) is 11.3 Å². The highest BCUT2D eigenvalue weighted by atomic mass is 35.5. The van der Waals surface area contributed by atoms with E-state index in [1.165, 1.54) is 4.68 Å². The Morgan fingerprint density at radius 2 is 1.96 bits per heavy atom. The molecular weight excluding hydrogens is 367 g/mol. The zero-order valence-corrected chi connectivity index (χ0v) is 15.5. The van der Waals surface area contributed by atoms with E-state index >= 15 is 0 Å². The van der Waals surface area contributed by atoms with Crippen LogP contribution in [0.2, 0.25) is 5.02 Å². The zero-order valence-electron chi connectivity index (χ0n) is 14.7. The molecule has 0 atom stereocenters. The molecule has 4 rings (SSSR count). The number of hydrogen-bond donors (Lipinski definition) is 1. The maximum Gasteiger partial charge on any atom is 0.270 e. The molecule has 1 aromatic carbocycles. The number of aryl methyl sites for hydroxylation is 1. The van der Waals surface area contributed by atoms with Crippen molar-refractivity contribution >= 4 is 17.4 Å². The summed E-state index contributed by atoms with van der Waals surface area (Å²) in [7, 11) is 0. The fourth-order valence-corrected chi connectivity index (χ4v) is 2.94. The molecule has 0 saturated heterocycles. The second kappa shape index (κ2) is 7.12. The van der Waals surface area contributed by atoms with Gasteiger partial charge in [0.15, 0.2) is 0 Å². The second-order valence-corrected chi connectivity index (χ2v) is 7.19. The molecule has 1 saturated carbocycles. The Hall–Kier alpha value is -2.73. The molecule has 2 heterocycles. The Bertz CT molecular complexity index is 1040. The van der Waals surface area contributed by atoms with Crippen molar-refractivity contribution in [1.82, 2.24) is 14.8 Å². The molecule has 0 bridgehead atoms. The number of nitrogens with one attached hydrogen (secondary N) is 1. The summed E-state index contributed by atoms with van der Waals surface area (Å²) >= 11 is 5.90. The SMILES string of the molecule is Cc1cc(-c2ccc(NC3CC3)nc2F)nn(Cc2ccc(Cl)cc2)c1=O. The van der Waals surface area contributed by atoms with Gasteiger partial charge in [-0.3, -0.25) is 4.79 Å². The average molecular weight is 385 g/mol. The molecular formula is C20H18ClFN4O. The fourth-order valence-electron chi connectivity index (χ4n) is 2.82. The molecule has 0 aliphatic heterocycles. The predicted molar refractivity (Wildman–Crippen MR) is 104 cm³/mol. The summed E-state index contributed by atoms with van der Waals surface area (Å²) in [6.07, 6.45) is 2.17. The third kappa shape index (κ3) is 4.01. The molecule has 1 fully saturated rings. The maximum absolute atomic E-state index is 14.5. The number of aromatic nitrogens is 3. The van der Waals surface area contributed by atoms with Gasteiger partial charge in [-0.05, 0) is 55.7 Å². The highest BCUT2D eigenvalue weighted by molar-refractivity contribution is 6.30. The van der Waals surface area contributed by atoms with Gasteiger partial charge in [-0.25, -0.2) is 9.67 Å². The van der Waals surface area contributed by atoms with E-state index in [0.717, 1.165) is 18.4 Å². The van der Waals surface area contributed by atoms with Crippen LogP contribution in [0.25, 0.3) is 11.3 Å². The molecule has 5 nitrogen and oxygen atoms in total. The van der Waals surface area contributed by atoms with Gasteiger partial charge in [0.05, 0.1) is 17.8 Å². The van der Waals surface area contributed by atoms with Crippen LogP contribution in [0, 0.1) is 12.9 Å². The lowest BCUT2D eigenvalue weighted by Gasteiger charge is -2.11. The topological polar surface area (TPSA) is 59.8 Å². The van der Waals surface area contributed by atoms with Crippen LogP contribution in [0.5, 0.6) is 0 Å². The van der Waals surface area contributed by atoms with Gasteiger partial charge in [0, 0.05) is 16.6 Å². The first kappa shape index (κ1) is 17.7. The van der Waals surface area contributed by atoms with Crippen molar-refractivity contribution in [2.75, 3.05) is 5.32 Å². The molecule has 138 valence electrons. The van der Waals surface area contributed by atoms with Crippen LogP contribution in [0.3, 0.4) is 0 Å². The van der Waals surface area contributed by atoms with E-state index in [4.69, 9.17) is 11.6 Å². The first-order chi connectivity index (χ1) is 13.0. The van der Waals surface area contributed by atoms with E-state index in [1.807, 2.05) is 12.1 Å². The van der Waals surface area contributed by atoms with E-state index in [9.17, 15) is 9.18 Å². The molecule has 1 N–H and O–H groups in total. The lowest BCUT2D eigenvalue weighted by molar-refractivity contribution is 0.584. The van der Waals surface area contributed by atoms with Crippen molar-refractivity contribution in [3.63, 3.8) is 0 Å². The molecule has 7 heteroatoms. The maximum atomic E-state index is 14.5.